The Morgan fingerprint density at radius 3 is 2.37 bits per heavy atom. The average Bonchev–Trinajstić information content (AvgIpc) is 3.12. The monoisotopic (exact) mass is 413 g/mol. The minimum absolute atomic E-state index is 0.0284. The van der Waals surface area contributed by atoms with Crippen molar-refractivity contribution in [2.75, 3.05) is 13.1 Å². The van der Waals surface area contributed by atoms with Crippen molar-refractivity contribution in [1.29, 1.82) is 0 Å². The molecule has 0 unspecified atom stereocenters. The van der Waals surface area contributed by atoms with Gasteiger partial charge in [-0.15, -0.1) is 0 Å². The highest BCUT2D eigenvalue weighted by Gasteiger charge is 2.19. The predicted octanol–water partition coefficient (Wildman–Crippen LogP) is 1.78. The largest absolute Gasteiger partial charge is 0.459 e. The SMILES string of the molecule is CC(C)NS(=O)(=O)c1ccc(Cl)c(C(=O)NCCNC(=O)c2ccco2)c1. The van der Waals surface area contributed by atoms with E-state index in [0.717, 1.165) is 0 Å². The van der Waals surface area contributed by atoms with Crippen LogP contribution in [0.25, 0.3) is 0 Å². The highest BCUT2D eigenvalue weighted by Crippen LogP contribution is 2.20. The Hall–Kier alpha value is -2.36. The number of hydrogen-bond donors (Lipinski definition) is 3. The van der Waals surface area contributed by atoms with Crippen LogP contribution in [0.3, 0.4) is 0 Å². The Balaban J connectivity index is 1.97. The summed E-state index contributed by atoms with van der Waals surface area (Å²) in [5.74, 6) is -0.783. The van der Waals surface area contributed by atoms with Gasteiger partial charge in [0.05, 0.1) is 21.7 Å². The molecule has 146 valence electrons. The molecular weight excluding hydrogens is 394 g/mol. The Kier molecular flexibility index (Phi) is 7.00. The molecule has 0 saturated carbocycles. The zero-order chi connectivity index (χ0) is 20.0. The first-order chi connectivity index (χ1) is 12.7. The summed E-state index contributed by atoms with van der Waals surface area (Å²) >= 11 is 6.02. The molecule has 2 aromatic rings. The van der Waals surface area contributed by atoms with Gasteiger partial charge >= 0.3 is 0 Å². The fourth-order valence-electron chi connectivity index (χ4n) is 2.17. The Bertz CT molecular complexity index is 911. The first-order valence-corrected chi connectivity index (χ1v) is 9.98. The molecule has 2 rings (SSSR count). The maximum Gasteiger partial charge on any atom is 0.287 e. The first kappa shape index (κ1) is 20.9. The number of rotatable bonds is 8. The van der Waals surface area contributed by atoms with Crippen LogP contribution in [-0.2, 0) is 10.0 Å². The lowest BCUT2D eigenvalue weighted by Gasteiger charge is -2.12. The third-order valence-electron chi connectivity index (χ3n) is 3.32. The van der Waals surface area contributed by atoms with Crippen molar-refractivity contribution >= 4 is 33.4 Å². The van der Waals surface area contributed by atoms with Gasteiger partial charge in [0.2, 0.25) is 10.0 Å². The lowest BCUT2D eigenvalue weighted by Crippen LogP contribution is -2.35. The van der Waals surface area contributed by atoms with Gasteiger partial charge in [-0.3, -0.25) is 9.59 Å². The molecule has 0 aliphatic carbocycles. The van der Waals surface area contributed by atoms with Crippen molar-refractivity contribution < 1.29 is 22.4 Å². The van der Waals surface area contributed by atoms with Crippen LogP contribution < -0.4 is 15.4 Å². The van der Waals surface area contributed by atoms with Gasteiger partial charge in [0.15, 0.2) is 5.76 Å². The van der Waals surface area contributed by atoms with Gasteiger partial charge in [-0.2, -0.15) is 0 Å². The number of amides is 2. The molecule has 3 N–H and O–H groups in total. The number of carbonyl (C=O) groups excluding carboxylic acids is 2. The minimum atomic E-state index is -3.75. The van der Waals surface area contributed by atoms with Crippen LogP contribution in [0.5, 0.6) is 0 Å². The van der Waals surface area contributed by atoms with E-state index >= 15 is 0 Å². The molecule has 2 amide bonds. The molecule has 0 spiro atoms. The van der Waals surface area contributed by atoms with Crippen LogP contribution >= 0.6 is 11.6 Å². The van der Waals surface area contributed by atoms with Gasteiger partial charge in [0, 0.05) is 19.1 Å². The Morgan fingerprint density at radius 2 is 1.78 bits per heavy atom. The van der Waals surface area contributed by atoms with Crippen LogP contribution in [0.1, 0.15) is 34.8 Å². The van der Waals surface area contributed by atoms with Crippen molar-refractivity contribution in [1.82, 2.24) is 15.4 Å². The number of carbonyl (C=O) groups is 2. The van der Waals surface area contributed by atoms with E-state index in [0.29, 0.717) is 0 Å². The third-order valence-corrected chi connectivity index (χ3v) is 5.31. The van der Waals surface area contributed by atoms with Crippen LogP contribution in [0.2, 0.25) is 5.02 Å². The molecule has 0 fully saturated rings. The highest BCUT2D eigenvalue weighted by molar-refractivity contribution is 7.89. The zero-order valence-electron chi connectivity index (χ0n) is 14.8. The van der Waals surface area contributed by atoms with Gasteiger partial charge in [0.25, 0.3) is 11.8 Å². The fraction of sp³-hybridized carbons (Fsp3) is 0.294. The standard InChI is InChI=1S/C17H20ClN3O5S/c1-11(2)21-27(24,25)12-5-6-14(18)13(10-12)16(22)19-7-8-20-17(23)15-4-3-9-26-15/h3-6,9-11,21H,7-8H2,1-2H3,(H,19,22)(H,20,23). The van der Waals surface area contributed by atoms with E-state index in [4.69, 9.17) is 16.0 Å². The van der Waals surface area contributed by atoms with Crippen molar-refractivity contribution in [3.05, 3.63) is 52.9 Å². The van der Waals surface area contributed by atoms with Gasteiger partial charge in [-0.1, -0.05) is 11.6 Å². The highest BCUT2D eigenvalue weighted by atomic mass is 35.5. The molecule has 0 saturated heterocycles. The summed E-state index contributed by atoms with van der Waals surface area (Å²) in [6.45, 7) is 3.68. The smallest absolute Gasteiger partial charge is 0.287 e. The van der Waals surface area contributed by atoms with Gasteiger partial charge in [-0.25, -0.2) is 13.1 Å². The number of nitrogens with one attached hydrogen (secondary N) is 3. The van der Waals surface area contributed by atoms with E-state index in [9.17, 15) is 18.0 Å². The maximum absolute atomic E-state index is 12.3. The molecule has 0 atom stereocenters. The Morgan fingerprint density at radius 1 is 1.11 bits per heavy atom. The lowest BCUT2D eigenvalue weighted by atomic mass is 10.2. The summed E-state index contributed by atoms with van der Waals surface area (Å²) in [6, 6.07) is 6.71. The van der Waals surface area contributed by atoms with Crippen LogP contribution in [-0.4, -0.2) is 39.4 Å². The summed E-state index contributed by atoms with van der Waals surface area (Å²) in [5, 5.41) is 5.27. The number of benzene rings is 1. The molecule has 8 nitrogen and oxygen atoms in total. The van der Waals surface area contributed by atoms with Crippen molar-refractivity contribution in [3.8, 4) is 0 Å². The lowest BCUT2D eigenvalue weighted by molar-refractivity contribution is 0.0910. The molecule has 0 radical (unpaired) electrons. The second-order valence-corrected chi connectivity index (χ2v) is 8.03. The van der Waals surface area contributed by atoms with E-state index < -0.39 is 21.8 Å². The molecule has 1 aromatic heterocycles. The second-order valence-electron chi connectivity index (χ2n) is 5.91. The average molecular weight is 414 g/mol. The number of halogens is 1. The van der Waals surface area contributed by atoms with Crippen LogP contribution in [0, 0.1) is 0 Å². The fourth-order valence-corrected chi connectivity index (χ4v) is 3.65. The molecule has 27 heavy (non-hydrogen) atoms. The topological polar surface area (TPSA) is 118 Å². The van der Waals surface area contributed by atoms with Gasteiger partial charge in [-0.05, 0) is 44.2 Å². The third kappa shape index (κ3) is 5.81. The van der Waals surface area contributed by atoms with E-state index in [2.05, 4.69) is 15.4 Å². The zero-order valence-corrected chi connectivity index (χ0v) is 16.4. The maximum atomic E-state index is 12.3. The Labute approximate surface area is 162 Å². The normalized spacial score (nSPS) is 11.4. The summed E-state index contributed by atoms with van der Waals surface area (Å²) in [7, 11) is -3.75. The van der Waals surface area contributed by atoms with Crippen LogP contribution in [0.4, 0.5) is 0 Å². The van der Waals surface area contributed by atoms with Crippen molar-refractivity contribution in [2.24, 2.45) is 0 Å². The number of sulfonamides is 1. The summed E-state index contributed by atoms with van der Waals surface area (Å²) in [5.41, 5.74) is 0.0284. The first-order valence-electron chi connectivity index (χ1n) is 8.12. The van der Waals surface area contributed by atoms with E-state index in [1.807, 2.05) is 0 Å². The predicted molar refractivity (Wildman–Crippen MR) is 100 cm³/mol. The minimum Gasteiger partial charge on any atom is -0.459 e. The molecule has 10 heteroatoms. The quantitative estimate of drug-likeness (QED) is 0.570. The summed E-state index contributed by atoms with van der Waals surface area (Å²) in [4.78, 5) is 23.9. The second kappa shape index (κ2) is 9.03. The van der Waals surface area contributed by atoms with E-state index in [1.54, 1.807) is 19.9 Å². The molecule has 1 aromatic carbocycles. The molecular formula is C17H20ClN3O5S. The van der Waals surface area contributed by atoms with E-state index in [1.165, 1.54) is 30.5 Å². The van der Waals surface area contributed by atoms with Crippen molar-refractivity contribution in [3.63, 3.8) is 0 Å². The molecule has 0 aliphatic heterocycles. The molecule has 0 bridgehead atoms. The van der Waals surface area contributed by atoms with Crippen LogP contribution in [0.15, 0.2) is 45.9 Å². The molecule has 0 aliphatic rings. The summed E-state index contributed by atoms with van der Waals surface area (Å²) in [6.07, 6.45) is 1.38. The van der Waals surface area contributed by atoms with Gasteiger partial charge < -0.3 is 15.1 Å². The number of furan rings is 1. The van der Waals surface area contributed by atoms with Gasteiger partial charge in [0.1, 0.15) is 0 Å². The molecule has 1 heterocycles. The number of hydrogen-bond acceptors (Lipinski definition) is 5. The summed E-state index contributed by atoms with van der Waals surface area (Å²) < 4.78 is 31.9. The van der Waals surface area contributed by atoms with E-state index in [-0.39, 0.29) is 40.4 Å². The van der Waals surface area contributed by atoms with Crippen molar-refractivity contribution in [2.45, 2.75) is 24.8 Å².